The van der Waals surface area contributed by atoms with Crippen LogP contribution in [-0.2, 0) is 12.3 Å². The van der Waals surface area contributed by atoms with E-state index in [0.717, 1.165) is 16.7 Å². The molecule has 0 radical (unpaired) electrons. The first-order valence-electron chi connectivity index (χ1n) is 9.95. The summed E-state index contributed by atoms with van der Waals surface area (Å²) in [6.45, 7) is 4.04. The molecule has 0 saturated heterocycles. The van der Waals surface area contributed by atoms with Crippen molar-refractivity contribution in [2.45, 2.75) is 26.1 Å². The third-order valence-corrected chi connectivity index (χ3v) is 4.95. The molecule has 1 heterocycles. The Labute approximate surface area is 193 Å². The second kappa shape index (κ2) is 12.1. The smallest absolute Gasteiger partial charge is 0.253 e. The van der Waals surface area contributed by atoms with Crippen LogP contribution in [0.15, 0.2) is 60.9 Å². The molecular formula is C24H26Cl2N4O. The molecule has 7 heteroatoms. The zero-order valence-corrected chi connectivity index (χ0v) is 19.1. The van der Waals surface area contributed by atoms with Crippen molar-refractivity contribution >= 4 is 40.5 Å². The summed E-state index contributed by atoms with van der Waals surface area (Å²) < 4.78 is 0. The minimum absolute atomic E-state index is 0.0352. The SMILES string of the molecule is CC.N=C(CNC(=O)c1cncc(Cc2ccc(CCl)cc2)c1)c1cc(Cl)ccc1N. The maximum Gasteiger partial charge on any atom is 0.253 e. The summed E-state index contributed by atoms with van der Waals surface area (Å²) in [6, 6.07) is 14.7. The first-order chi connectivity index (χ1) is 15.0. The van der Waals surface area contributed by atoms with Crippen LogP contribution in [0.25, 0.3) is 0 Å². The van der Waals surface area contributed by atoms with Gasteiger partial charge >= 0.3 is 0 Å². The summed E-state index contributed by atoms with van der Waals surface area (Å²) in [5, 5.41) is 11.4. The number of halogens is 2. The first-order valence-corrected chi connectivity index (χ1v) is 10.9. The van der Waals surface area contributed by atoms with Crippen molar-refractivity contribution in [3.8, 4) is 0 Å². The Kier molecular flexibility index (Phi) is 9.50. The van der Waals surface area contributed by atoms with E-state index in [2.05, 4.69) is 10.3 Å². The van der Waals surface area contributed by atoms with E-state index in [4.69, 9.17) is 34.3 Å². The molecule has 0 aliphatic rings. The normalized spacial score (nSPS) is 10.1. The van der Waals surface area contributed by atoms with Gasteiger partial charge in [0.15, 0.2) is 0 Å². The average Bonchev–Trinajstić information content (AvgIpc) is 2.81. The van der Waals surface area contributed by atoms with Gasteiger partial charge in [0.2, 0.25) is 0 Å². The lowest BCUT2D eigenvalue weighted by Crippen LogP contribution is -2.30. The summed E-state index contributed by atoms with van der Waals surface area (Å²) >= 11 is 11.8. The molecule has 0 unspecified atom stereocenters. The Morgan fingerprint density at radius 1 is 1.03 bits per heavy atom. The quantitative estimate of drug-likeness (QED) is 0.250. The van der Waals surface area contributed by atoms with E-state index in [1.807, 2.05) is 38.1 Å². The number of nitrogen functional groups attached to an aromatic ring is 1. The van der Waals surface area contributed by atoms with Crippen LogP contribution in [0.5, 0.6) is 0 Å². The van der Waals surface area contributed by atoms with Gasteiger partial charge in [-0.25, -0.2) is 0 Å². The highest BCUT2D eigenvalue weighted by molar-refractivity contribution is 6.31. The molecule has 2 aromatic carbocycles. The van der Waals surface area contributed by atoms with Crippen LogP contribution in [0, 0.1) is 5.41 Å². The summed E-state index contributed by atoms with van der Waals surface area (Å²) in [6.07, 6.45) is 3.90. The highest BCUT2D eigenvalue weighted by atomic mass is 35.5. The van der Waals surface area contributed by atoms with Gasteiger partial charge in [0.25, 0.3) is 5.91 Å². The summed E-state index contributed by atoms with van der Waals surface area (Å²) in [5.41, 5.74) is 10.5. The van der Waals surface area contributed by atoms with Gasteiger partial charge in [-0.3, -0.25) is 9.78 Å². The Hall–Kier alpha value is -2.89. The number of anilines is 1. The summed E-state index contributed by atoms with van der Waals surface area (Å²) in [7, 11) is 0. The van der Waals surface area contributed by atoms with E-state index < -0.39 is 0 Å². The number of pyridine rings is 1. The number of nitrogens with two attached hydrogens (primary N) is 1. The maximum absolute atomic E-state index is 12.5. The molecule has 0 saturated carbocycles. The monoisotopic (exact) mass is 456 g/mol. The second-order valence-corrected chi connectivity index (χ2v) is 7.31. The first kappa shape index (κ1) is 24.4. The Balaban J connectivity index is 0.00000166. The van der Waals surface area contributed by atoms with Crippen LogP contribution in [0.1, 0.15) is 46.5 Å². The fourth-order valence-electron chi connectivity index (χ4n) is 2.85. The third-order valence-electron chi connectivity index (χ3n) is 4.41. The predicted molar refractivity (Wildman–Crippen MR) is 129 cm³/mol. The van der Waals surface area contributed by atoms with Gasteiger partial charge in [-0.1, -0.05) is 49.7 Å². The molecule has 5 nitrogen and oxygen atoms in total. The number of nitrogens with zero attached hydrogens (tertiary/aromatic N) is 1. The average molecular weight is 457 g/mol. The van der Waals surface area contributed by atoms with Crippen LogP contribution >= 0.6 is 23.2 Å². The lowest BCUT2D eigenvalue weighted by molar-refractivity contribution is 0.0959. The Morgan fingerprint density at radius 3 is 2.39 bits per heavy atom. The van der Waals surface area contributed by atoms with Gasteiger partial charge in [-0.05, 0) is 47.4 Å². The Morgan fingerprint density at radius 2 is 1.71 bits per heavy atom. The predicted octanol–water partition coefficient (Wildman–Crippen LogP) is 5.47. The number of alkyl halides is 1. The van der Waals surface area contributed by atoms with Crippen LogP contribution < -0.4 is 11.1 Å². The minimum atomic E-state index is -0.304. The molecule has 0 aliphatic carbocycles. The molecule has 4 N–H and O–H groups in total. The van der Waals surface area contributed by atoms with Gasteiger partial charge in [0.05, 0.1) is 17.8 Å². The number of benzene rings is 2. The molecule has 1 aromatic heterocycles. The number of hydrogen-bond donors (Lipinski definition) is 3. The molecule has 0 spiro atoms. The van der Waals surface area contributed by atoms with E-state index >= 15 is 0 Å². The fraction of sp³-hybridized carbons (Fsp3) is 0.208. The van der Waals surface area contributed by atoms with Crippen LogP contribution in [-0.4, -0.2) is 23.1 Å². The molecule has 0 aliphatic heterocycles. The standard InChI is InChI=1S/C22H20Cl2N4O.C2H6/c23-10-15-3-1-14(2-4-15)7-16-8-17(12-27-11-16)22(29)28-13-21(26)19-9-18(24)5-6-20(19)25;1-2/h1-6,8-9,11-12,26H,7,10,13,25H2,(H,28,29);1-2H3. The topological polar surface area (TPSA) is 91.9 Å². The largest absolute Gasteiger partial charge is 0.398 e. The summed E-state index contributed by atoms with van der Waals surface area (Å²) in [4.78, 5) is 16.7. The lowest BCUT2D eigenvalue weighted by Gasteiger charge is -2.10. The summed E-state index contributed by atoms with van der Waals surface area (Å²) in [5.74, 6) is 0.176. The lowest BCUT2D eigenvalue weighted by atomic mass is 10.0. The number of aromatic nitrogens is 1. The van der Waals surface area contributed by atoms with E-state index in [1.54, 1.807) is 30.5 Å². The van der Waals surface area contributed by atoms with Gasteiger partial charge in [0, 0.05) is 34.5 Å². The van der Waals surface area contributed by atoms with Crippen LogP contribution in [0.2, 0.25) is 5.02 Å². The van der Waals surface area contributed by atoms with Crippen molar-refractivity contribution in [1.29, 1.82) is 5.41 Å². The van der Waals surface area contributed by atoms with Gasteiger partial charge < -0.3 is 16.5 Å². The van der Waals surface area contributed by atoms with Gasteiger partial charge in [0.1, 0.15) is 0 Å². The van der Waals surface area contributed by atoms with Crippen molar-refractivity contribution in [2.24, 2.45) is 0 Å². The molecule has 3 rings (SSSR count). The maximum atomic E-state index is 12.5. The van der Waals surface area contributed by atoms with Crippen molar-refractivity contribution in [1.82, 2.24) is 10.3 Å². The zero-order chi connectivity index (χ0) is 22.8. The van der Waals surface area contributed by atoms with Crippen molar-refractivity contribution in [3.05, 3.63) is 93.8 Å². The van der Waals surface area contributed by atoms with Crippen molar-refractivity contribution < 1.29 is 4.79 Å². The molecule has 0 atom stereocenters. The Bertz CT molecular complexity index is 1040. The van der Waals surface area contributed by atoms with E-state index in [-0.39, 0.29) is 18.2 Å². The molecule has 1 amide bonds. The fourth-order valence-corrected chi connectivity index (χ4v) is 3.20. The molecule has 162 valence electrons. The third kappa shape index (κ3) is 7.09. The number of rotatable bonds is 7. The molecular weight excluding hydrogens is 431 g/mol. The highest BCUT2D eigenvalue weighted by Gasteiger charge is 2.11. The van der Waals surface area contributed by atoms with Gasteiger partial charge in [-0.2, -0.15) is 0 Å². The van der Waals surface area contributed by atoms with E-state index in [1.165, 1.54) is 6.20 Å². The second-order valence-electron chi connectivity index (χ2n) is 6.60. The molecule has 3 aromatic rings. The van der Waals surface area contributed by atoms with Crippen LogP contribution in [0.3, 0.4) is 0 Å². The van der Waals surface area contributed by atoms with Crippen molar-refractivity contribution in [2.75, 3.05) is 12.3 Å². The van der Waals surface area contributed by atoms with E-state index in [9.17, 15) is 4.79 Å². The van der Waals surface area contributed by atoms with E-state index in [0.29, 0.717) is 34.1 Å². The number of nitrogens with one attached hydrogen (secondary N) is 2. The van der Waals surface area contributed by atoms with Gasteiger partial charge in [-0.15, -0.1) is 11.6 Å². The highest BCUT2D eigenvalue weighted by Crippen LogP contribution is 2.18. The number of hydrogen-bond acceptors (Lipinski definition) is 4. The number of carbonyl (C=O) groups is 1. The molecule has 0 fully saturated rings. The van der Waals surface area contributed by atoms with Crippen LogP contribution in [0.4, 0.5) is 5.69 Å². The minimum Gasteiger partial charge on any atom is -0.398 e. The number of amides is 1. The van der Waals surface area contributed by atoms with Crippen molar-refractivity contribution in [3.63, 3.8) is 0 Å². The molecule has 31 heavy (non-hydrogen) atoms. The zero-order valence-electron chi connectivity index (χ0n) is 17.6. The molecule has 0 bridgehead atoms. The number of carbonyl (C=O) groups excluding carboxylic acids is 1.